The smallest absolute Gasteiger partial charge is 0.0960 e. The first kappa shape index (κ1) is 37.8. The highest BCUT2D eigenvalue weighted by atomic mass is 32.1. The van der Waals surface area contributed by atoms with Crippen molar-refractivity contribution in [2.24, 2.45) is 5.41 Å². The van der Waals surface area contributed by atoms with E-state index in [9.17, 15) is 0 Å². The van der Waals surface area contributed by atoms with Gasteiger partial charge >= 0.3 is 0 Å². The van der Waals surface area contributed by atoms with Gasteiger partial charge in [0, 0.05) is 23.5 Å². The molecule has 1 aliphatic carbocycles. The third-order valence-corrected chi connectivity index (χ3v) is 11.5. The number of allylic oxidation sites excluding steroid dienone is 6. The number of thiophene rings is 1. The molecule has 0 fully saturated rings. The number of aryl methyl sites for hydroxylation is 6. The van der Waals surface area contributed by atoms with Crippen LogP contribution in [0.5, 0.6) is 0 Å². The maximum Gasteiger partial charge on any atom is 0.0960 e. The molecule has 4 heterocycles. The van der Waals surface area contributed by atoms with Crippen LogP contribution in [0.1, 0.15) is 74.9 Å². The molecule has 0 saturated heterocycles. The van der Waals surface area contributed by atoms with Crippen molar-refractivity contribution in [2.45, 2.75) is 96.2 Å². The van der Waals surface area contributed by atoms with E-state index in [-0.39, 0.29) is 0 Å². The zero-order chi connectivity index (χ0) is 33.9. The minimum Gasteiger partial charge on any atom is -0.472 e. The first-order valence-electron chi connectivity index (χ1n) is 15.9. The van der Waals surface area contributed by atoms with E-state index in [2.05, 4.69) is 158 Å². The van der Waals surface area contributed by atoms with Gasteiger partial charge in [-0.05, 0) is 126 Å². The van der Waals surface area contributed by atoms with Crippen LogP contribution in [0.3, 0.4) is 0 Å². The lowest BCUT2D eigenvalue weighted by molar-refractivity contribution is 0.564. The fraction of sp³-hybridized carbons (Fsp3) is 0.366. The van der Waals surface area contributed by atoms with Crippen LogP contribution in [0.15, 0.2) is 116 Å². The van der Waals surface area contributed by atoms with Gasteiger partial charge in [0.1, 0.15) is 0 Å². The second kappa shape index (κ2) is 16.8. The molecule has 4 aromatic rings. The van der Waals surface area contributed by atoms with Crippen molar-refractivity contribution in [1.29, 1.82) is 0 Å². The van der Waals surface area contributed by atoms with Gasteiger partial charge in [-0.2, -0.15) is 11.3 Å². The van der Waals surface area contributed by atoms with Crippen molar-refractivity contribution >= 4 is 19.4 Å². The fourth-order valence-electron chi connectivity index (χ4n) is 5.03. The van der Waals surface area contributed by atoms with Crippen LogP contribution >= 0.6 is 11.3 Å². The van der Waals surface area contributed by atoms with Crippen molar-refractivity contribution in [1.82, 2.24) is 4.57 Å². The van der Waals surface area contributed by atoms with Crippen LogP contribution in [0, 0.1) is 47.0 Å². The van der Waals surface area contributed by atoms with E-state index in [4.69, 9.17) is 4.42 Å². The average Bonchev–Trinajstić information content (AvgIpc) is 3.73. The Morgan fingerprint density at radius 2 is 1.00 bits per heavy atom. The number of benzene rings is 1. The lowest BCUT2D eigenvalue weighted by Crippen LogP contribution is -2.16. The Labute approximate surface area is 279 Å². The standard InChI is InChI=1S/C12H13N.C9H14.C8H14Si.C6H8O.C6H8S/c1-10-8-13(9-11(10)2)12-6-4-3-5-7-12;2*1-7-5-9(3,4)6-8(7)2;2*1-5-3-7-4-6(5)2/h3-9H,1-2H3;2*5-6H,1-4H3;2*3-4H,1-2H3. The monoisotopic (exact) mass is 639 g/mol. The highest BCUT2D eigenvalue weighted by Crippen LogP contribution is 2.32. The molecule has 45 heavy (non-hydrogen) atoms. The molecule has 0 bridgehead atoms. The Hall–Kier alpha value is -3.34. The van der Waals surface area contributed by atoms with Gasteiger partial charge in [-0.1, -0.05) is 91.0 Å². The minimum atomic E-state index is -0.990. The molecule has 6 rings (SSSR count). The van der Waals surface area contributed by atoms with Gasteiger partial charge < -0.3 is 8.98 Å². The van der Waals surface area contributed by atoms with Crippen molar-refractivity contribution in [3.63, 3.8) is 0 Å². The molecule has 3 aromatic heterocycles. The van der Waals surface area contributed by atoms with Crippen LogP contribution in [-0.4, -0.2) is 12.6 Å². The Morgan fingerprint density at radius 3 is 1.24 bits per heavy atom. The lowest BCUT2D eigenvalue weighted by atomic mass is 9.96. The van der Waals surface area contributed by atoms with Crippen molar-refractivity contribution in [2.75, 3.05) is 0 Å². The molecule has 4 heteroatoms. The fourth-order valence-corrected chi connectivity index (χ4v) is 8.64. The van der Waals surface area contributed by atoms with E-state index in [1.165, 1.54) is 61.4 Å². The summed E-state index contributed by atoms with van der Waals surface area (Å²) in [5.74, 6) is 0. The number of hydrogen-bond acceptors (Lipinski definition) is 2. The molecular formula is C41H57NOSSi. The van der Waals surface area contributed by atoms with E-state index < -0.39 is 8.07 Å². The maximum atomic E-state index is 4.84. The Kier molecular flexibility index (Phi) is 14.1. The Bertz CT molecular complexity index is 1460. The third-order valence-electron chi connectivity index (χ3n) is 8.16. The van der Waals surface area contributed by atoms with Crippen LogP contribution in [-0.2, 0) is 0 Å². The molecule has 242 valence electrons. The molecule has 2 nitrogen and oxygen atoms in total. The predicted octanol–water partition coefficient (Wildman–Crippen LogP) is 13.0. The molecule has 0 radical (unpaired) electrons. The summed E-state index contributed by atoms with van der Waals surface area (Å²) in [6, 6.07) is 10.4. The molecule has 1 aliphatic heterocycles. The number of rotatable bonds is 1. The molecule has 0 spiro atoms. The van der Waals surface area contributed by atoms with Gasteiger partial charge in [0.25, 0.3) is 0 Å². The highest BCUT2D eigenvalue weighted by Gasteiger charge is 2.20. The van der Waals surface area contributed by atoms with E-state index in [0.29, 0.717) is 5.41 Å². The summed E-state index contributed by atoms with van der Waals surface area (Å²) >= 11 is 1.77. The van der Waals surface area contributed by atoms with Crippen LogP contribution in [0.2, 0.25) is 13.1 Å². The first-order valence-corrected chi connectivity index (χ1v) is 20.0. The van der Waals surface area contributed by atoms with Crippen LogP contribution < -0.4 is 0 Å². The van der Waals surface area contributed by atoms with Crippen LogP contribution in [0.25, 0.3) is 5.69 Å². The van der Waals surface area contributed by atoms with E-state index in [1.54, 1.807) is 23.9 Å². The number of nitrogens with zero attached hydrogens (tertiary/aromatic N) is 1. The normalized spacial score (nSPS) is 15.3. The van der Waals surface area contributed by atoms with Crippen molar-refractivity contribution in [3.05, 3.63) is 145 Å². The summed E-state index contributed by atoms with van der Waals surface area (Å²) in [4.78, 5) is 0. The average molecular weight is 640 g/mol. The molecule has 0 unspecified atom stereocenters. The first-order chi connectivity index (χ1) is 20.9. The third kappa shape index (κ3) is 12.9. The minimum absolute atomic E-state index is 0.314. The molecular weight excluding hydrogens is 583 g/mol. The highest BCUT2D eigenvalue weighted by molar-refractivity contribution is 7.08. The molecule has 1 aromatic carbocycles. The topological polar surface area (TPSA) is 18.1 Å². The predicted molar refractivity (Wildman–Crippen MR) is 204 cm³/mol. The molecule has 0 atom stereocenters. The van der Waals surface area contributed by atoms with Gasteiger partial charge in [-0.25, -0.2) is 0 Å². The van der Waals surface area contributed by atoms with E-state index in [0.717, 1.165) is 0 Å². The van der Waals surface area contributed by atoms with Gasteiger partial charge in [0.2, 0.25) is 0 Å². The van der Waals surface area contributed by atoms with Gasteiger partial charge in [-0.15, -0.1) is 0 Å². The zero-order valence-corrected chi connectivity index (χ0v) is 32.2. The Balaban J connectivity index is 0.000000200. The number of aromatic nitrogens is 1. The van der Waals surface area contributed by atoms with Gasteiger partial charge in [-0.3, -0.25) is 0 Å². The quantitative estimate of drug-likeness (QED) is 0.190. The maximum absolute atomic E-state index is 4.84. The molecule has 0 N–H and O–H groups in total. The summed E-state index contributed by atoms with van der Waals surface area (Å²) in [5, 5.41) is 4.32. The zero-order valence-electron chi connectivity index (χ0n) is 30.4. The molecule has 2 aliphatic rings. The summed E-state index contributed by atoms with van der Waals surface area (Å²) in [7, 11) is -0.990. The Morgan fingerprint density at radius 1 is 0.578 bits per heavy atom. The van der Waals surface area contributed by atoms with Crippen LogP contribution in [0.4, 0.5) is 0 Å². The second-order valence-electron chi connectivity index (χ2n) is 13.8. The summed E-state index contributed by atoms with van der Waals surface area (Å²) in [6.45, 7) is 30.5. The SMILES string of the molecule is CC1=CC(C)(C)C=C1C.CC1=C[Si](C)(C)C=C1C.Cc1cn(-c2ccccc2)cc1C.Cc1cocc1C.Cc1cscc1C. The molecule has 0 saturated carbocycles. The van der Waals surface area contributed by atoms with E-state index >= 15 is 0 Å². The second-order valence-corrected chi connectivity index (χ2v) is 18.8. The van der Waals surface area contributed by atoms with Crippen molar-refractivity contribution < 1.29 is 4.42 Å². The summed E-state index contributed by atoms with van der Waals surface area (Å²) in [6.07, 6.45) is 12.4. The molecule has 0 amide bonds. The lowest BCUT2D eigenvalue weighted by Gasteiger charge is -2.08. The summed E-state index contributed by atoms with van der Waals surface area (Å²) < 4.78 is 7.00. The van der Waals surface area contributed by atoms with E-state index in [1.807, 2.05) is 19.9 Å². The number of para-hydroxylation sites is 1. The number of hydrogen-bond donors (Lipinski definition) is 0. The van der Waals surface area contributed by atoms with Gasteiger partial charge in [0.05, 0.1) is 20.6 Å². The summed E-state index contributed by atoms with van der Waals surface area (Å²) in [5.41, 5.74) is 20.2. The number of furan rings is 1. The van der Waals surface area contributed by atoms with Crippen molar-refractivity contribution in [3.8, 4) is 5.69 Å². The largest absolute Gasteiger partial charge is 0.472 e. The van der Waals surface area contributed by atoms with Gasteiger partial charge in [0.15, 0.2) is 0 Å².